The Balaban J connectivity index is 2.84. The van der Waals surface area contributed by atoms with Crippen LogP contribution in [0.15, 0.2) is 12.2 Å². The monoisotopic (exact) mass is 143 g/mol. The van der Waals surface area contributed by atoms with Gasteiger partial charge in [0.2, 0.25) is 0 Å². The predicted molar refractivity (Wildman–Crippen MR) is 44.2 cm³/mol. The van der Waals surface area contributed by atoms with Gasteiger partial charge in [-0.15, -0.1) is 0 Å². The molecule has 2 heteroatoms. The first-order chi connectivity index (χ1) is 4.77. The Hall–Kier alpha value is -0.340. The molecule has 0 aliphatic heterocycles. The third-order valence-electron chi connectivity index (χ3n) is 1.06. The molecule has 0 rings (SSSR count). The zero-order chi connectivity index (χ0) is 7.82. The van der Waals surface area contributed by atoms with Crippen LogP contribution in [0, 0.1) is 0 Å². The van der Waals surface area contributed by atoms with Gasteiger partial charge in [0.05, 0.1) is 6.61 Å². The Morgan fingerprint density at radius 1 is 1.60 bits per heavy atom. The van der Waals surface area contributed by atoms with Crippen molar-refractivity contribution in [2.45, 2.75) is 13.3 Å². The number of rotatable bonds is 6. The summed E-state index contributed by atoms with van der Waals surface area (Å²) in [5, 5.41) is 3.05. The molecule has 0 aromatic rings. The summed E-state index contributed by atoms with van der Waals surface area (Å²) in [6.07, 6.45) is 1.07. The lowest BCUT2D eigenvalue weighted by Gasteiger charge is -2.02. The summed E-state index contributed by atoms with van der Waals surface area (Å²) in [5.41, 5.74) is 1.09. The highest BCUT2D eigenvalue weighted by Crippen LogP contribution is 1.88. The molecule has 0 spiro atoms. The standard InChI is InChI=1S/C8H17NO/c1-8(2)7-10-6-4-5-9-3/h9H,1,4-7H2,2-3H3. The molecule has 0 atom stereocenters. The predicted octanol–water partition coefficient (Wildman–Crippen LogP) is 1.19. The van der Waals surface area contributed by atoms with Crippen molar-refractivity contribution in [3.05, 3.63) is 12.2 Å². The van der Waals surface area contributed by atoms with Crippen molar-refractivity contribution < 1.29 is 4.74 Å². The first kappa shape index (κ1) is 9.66. The Morgan fingerprint density at radius 3 is 2.80 bits per heavy atom. The zero-order valence-corrected chi connectivity index (χ0v) is 6.94. The van der Waals surface area contributed by atoms with Gasteiger partial charge in [0.25, 0.3) is 0 Å². The van der Waals surface area contributed by atoms with Crippen LogP contribution in [0.5, 0.6) is 0 Å². The lowest BCUT2D eigenvalue weighted by molar-refractivity contribution is 0.154. The van der Waals surface area contributed by atoms with Crippen molar-refractivity contribution in [3.63, 3.8) is 0 Å². The minimum atomic E-state index is 0.698. The van der Waals surface area contributed by atoms with E-state index < -0.39 is 0 Å². The van der Waals surface area contributed by atoms with E-state index in [4.69, 9.17) is 4.74 Å². The van der Waals surface area contributed by atoms with Gasteiger partial charge < -0.3 is 10.1 Å². The van der Waals surface area contributed by atoms with Crippen molar-refractivity contribution in [1.29, 1.82) is 0 Å². The lowest BCUT2D eigenvalue weighted by atomic mass is 10.4. The summed E-state index contributed by atoms with van der Waals surface area (Å²) >= 11 is 0. The Morgan fingerprint density at radius 2 is 2.30 bits per heavy atom. The molecule has 1 N–H and O–H groups in total. The second-order valence-corrected chi connectivity index (χ2v) is 2.47. The fourth-order valence-electron chi connectivity index (χ4n) is 0.597. The van der Waals surface area contributed by atoms with E-state index in [1.807, 2.05) is 14.0 Å². The summed E-state index contributed by atoms with van der Waals surface area (Å²) in [6.45, 7) is 8.25. The normalized spacial score (nSPS) is 9.80. The molecule has 2 nitrogen and oxygen atoms in total. The van der Waals surface area contributed by atoms with Crippen molar-refractivity contribution >= 4 is 0 Å². The Kier molecular flexibility index (Phi) is 6.55. The molecule has 0 unspecified atom stereocenters. The fourth-order valence-corrected chi connectivity index (χ4v) is 0.597. The molecule has 10 heavy (non-hydrogen) atoms. The lowest BCUT2D eigenvalue weighted by Crippen LogP contribution is -2.10. The Bertz CT molecular complexity index is 91.3. The highest BCUT2D eigenvalue weighted by Gasteiger charge is 1.86. The number of nitrogens with one attached hydrogen (secondary N) is 1. The second kappa shape index (κ2) is 6.78. The van der Waals surface area contributed by atoms with Crippen molar-refractivity contribution in [3.8, 4) is 0 Å². The summed E-state index contributed by atoms with van der Waals surface area (Å²) in [5.74, 6) is 0. The van der Waals surface area contributed by atoms with Gasteiger partial charge >= 0.3 is 0 Å². The first-order valence-electron chi connectivity index (χ1n) is 3.64. The molecular weight excluding hydrogens is 126 g/mol. The van der Waals surface area contributed by atoms with Crippen molar-refractivity contribution in [1.82, 2.24) is 5.32 Å². The topological polar surface area (TPSA) is 21.3 Å². The quantitative estimate of drug-likeness (QED) is 0.445. The average Bonchev–Trinajstić information content (AvgIpc) is 1.87. The molecule has 0 heterocycles. The molecule has 0 saturated carbocycles. The van der Waals surface area contributed by atoms with Gasteiger partial charge in [-0.3, -0.25) is 0 Å². The summed E-state index contributed by atoms with van der Waals surface area (Å²) in [7, 11) is 1.94. The Labute approximate surface area is 63.3 Å². The van der Waals surface area contributed by atoms with Crippen molar-refractivity contribution in [2.75, 3.05) is 26.8 Å². The number of ether oxygens (including phenoxy) is 1. The van der Waals surface area contributed by atoms with Crippen LogP contribution >= 0.6 is 0 Å². The molecule has 0 saturated heterocycles. The van der Waals surface area contributed by atoms with Crippen LogP contribution in [-0.4, -0.2) is 26.8 Å². The van der Waals surface area contributed by atoms with Crippen LogP contribution in [0.4, 0.5) is 0 Å². The van der Waals surface area contributed by atoms with E-state index in [2.05, 4.69) is 11.9 Å². The molecule has 0 fully saturated rings. The second-order valence-electron chi connectivity index (χ2n) is 2.47. The smallest absolute Gasteiger partial charge is 0.0671 e. The minimum Gasteiger partial charge on any atom is -0.377 e. The SMILES string of the molecule is C=C(C)COCCCNC. The van der Waals surface area contributed by atoms with Crippen LogP contribution in [-0.2, 0) is 4.74 Å². The van der Waals surface area contributed by atoms with Crippen LogP contribution in [0.25, 0.3) is 0 Å². The van der Waals surface area contributed by atoms with Gasteiger partial charge in [-0.05, 0) is 26.9 Å². The highest BCUT2D eigenvalue weighted by molar-refractivity contribution is 4.87. The third kappa shape index (κ3) is 7.66. The van der Waals surface area contributed by atoms with Crippen LogP contribution < -0.4 is 5.32 Å². The van der Waals surface area contributed by atoms with Gasteiger partial charge in [0, 0.05) is 6.61 Å². The summed E-state index contributed by atoms with van der Waals surface area (Å²) in [6, 6.07) is 0. The van der Waals surface area contributed by atoms with E-state index in [1.54, 1.807) is 0 Å². The average molecular weight is 143 g/mol. The van der Waals surface area contributed by atoms with Gasteiger partial charge in [-0.2, -0.15) is 0 Å². The van der Waals surface area contributed by atoms with Gasteiger partial charge in [0.15, 0.2) is 0 Å². The molecule has 0 bridgehead atoms. The minimum absolute atomic E-state index is 0.698. The number of hydrogen-bond acceptors (Lipinski definition) is 2. The zero-order valence-electron chi connectivity index (χ0n) is 6.94. The van der Waals surface area contributed by atoms with E-state index in [0.717, 1.165) is 25.1 Å². The van der Waals surface area contributed by atoms with E-state index in [9.17, 15) is 0 Å². The van der Waals surface area contributed by atoms with E-state index in [0.29, 0.717) is 6.61 Å². The molecule has 0 amide bonds. The van der Waals surface area contributed by atoms with Crippen LogP contribution in [0.3, 0.4) is 0 Å². The molecule has 0 aromatic carbocycles. The highest BCUT2D eigenvalue weighted by atomic mass is 16.5. The fraction of sp³-hybridized carbons (Fsp3) is 0.750. The molecule has 0 aliphatic rings. The summed E-state index contributed by atoms with van der Waals surface area (Å²) < 4.78 is 5.26. The molecule has 0 aliphatic carbocycles. The van der Waals surface area contributed by atoms with Gasteiger partial charge in [-0.1, -0.05) is 12.2 Å². The molecule has 0 aromatic heterocycles. The van der Waals surface area contributed by atoms with Crippen LogP contribution in [0.2, 0.25) is 0 Å². The van der Waals surface area contributed by atoms with E-state index in [1.165, 1.54) is 0 Å². The third-order valence-corrected chi connectivity index (χ3v) is 1.06. The maximum absolute atomic E-state index is 5.26. The molecule has 60 valence electrons. The number of hydrogen-bond donors (Lipinski definition) is 1. The summed E-state index contributed by atoms with van der Waals surface area (Å²) in [4.78, 5) is 0. The van der Waals surface area contributed by atoms with E-state index in [-0.39, 0.29) is 0 Å². The molecule has 0 radical (unpaired) electrons. The maximum atomic E-state index is 5.26. The first-order valence-corrected chi connectivity index (χ1v) is 3.64. The van der Waals surface area contributed by atoms with Gasteiger partial charge in [0.1, 0.15) is 0 Å². The van der Waals surface area contributed by atoms with Crippen LogP contribution in [0.1, 0.15) is 13.3 Å². The molecular formula is C8H17NO. The van der Waals surface area contributed by atoms with Crippen molar-refractivity contribution in [2.24, 2.45) is 0 Å². The van der Waals surface area contributed by atoms with E-state index >= 15 is 0 Å². The maximum Gasteiger partial charge on any atom is 0.0671 e. The largest absolute Gasteiger partial charge is 0.377 e. The van der Waals surface area contributed by atoms with Gasteiger partial charge in [-0.25, -0.2) is 0 Å².